The number of fused-ring (bicyclic) bond motifs is 1. The first-order valence-electron chi connectivity index (χ1n) is 9.96. The summed E-state index contributed by atoms with van der Waals surface area (Å²) in [5.74, 6) is 2.67. The molecule has 2 aromatic carbocycles. The summed E-state index contributed by atoms with van der Waals surface area (Å²) in [6, 6.07) is 11.4. The van der Waals surface area contributed by atoms with E-state index in [1.54, 1.807) is 27.5 Å². The van der Waals surface area contributed by atoms with Crippen LogP contribution in [0.5, 0.6) is 17.2 Å². The van der Waals surface area contributed by atoms with Gasteiger partial charge in [-0.1, -0.05) is 30.3 Å². The van der Waals surface area contributed by atoms with Gasteiger partial charge in [0.25, 0.3) is 0 Å². The molecular weight excluding hydrogens is 382 g/mol. The maximum absolute atomic E-state index is 12.8. The van der Waals surface area contributed by atoms with E-state index in [0.717, 1.165) is 48.1 Å². The molecule has 1 saturated heterocycles. The Bertz CT molecular complexity index is 1050. The number of nitrogens with zero attached hydrogens (tertiary/aromatic N) is 3. The third kappa shape index (κ3) is 3.51. The first-order chi connectivity index (χ1) is 14.7. The molecule has 3 aromatic rings. The molecule has 1 aliphatic heterocycles. The van der Waals surface area contributed by atoms with Gasteiger partial charge in [-0.3, -0.25) is 4.79 Å². The van der Waals surface area contributed by atoms with E-state index >= 15 is 0 Å². The Morgan fingerprint density at radius 3 is 2.30 bits per heavy atom. The predicted octanol–water partition coefficient (Wildman–Crippen LogP) is 3.75. The van der Waals surface area contributed by atoms with Gasteiger partial charge in [0.1, 0.15) is 0 Å². The van der Waals surface area contributed by atoms with Crippen molar-refractivity contribution < 1.29 is 19.0 Å². The van der Waals surface area contributed by atoms with E-state index in [2.05, 4.69) is 15.1 Å². The van der Waals surface area contributed by atoms with Gasteiger partial charge in [-0.25, -0.2) is 0 Å². The summed E-state index contributed by atoms with van der Waals surface area (Å²) < 4.78 is 16.6. The minimum Gasteiger partial charge on any atom is -0.493 e. The van der Waals surface area contributed by atoms with E-state index in [0.29, 0.717) is 17.2 Å². The zero-order chi connectivity index (χ0) is 21.1. The van der Waals surface area contributed by atoms with Crippen LogP contribution in [-0.2, 0) is 0 Å². The lowest BCUT2D eigenvalue weighted by molar-refractivity contribution is 0.0900. The highest BCUT2D eigenvalue weighted by atomic mass is 16.5. The summed E-state index contributed by atoms with van der Waals surface area (Å²) in [5.41, 5.74) is 0.780. The quantitative estimate of drug-likeness (QED) is 0.576. The average molecular weight is 407 g/mol. The molecule has 0 N–H and O–H groups in total. The Hall–Kier alpha value is -3.35. The maximum atomic E-state index is 12.8. The van der Waals surface area contributed by atoms with Gasteiger partial charge in [0, 0.05) is 30.0 Å². The van der Waals surface area contributed by atoms with Crippen molar-refractivity contribution in [1.29, 1.82) is 0 Å². The number of rotatable bonds is 6. The number of Topliss-reactive ketones (excluding diaryl/α,β-unsaturated/α-hetero) is 1. The van der Waals surface area contributed by atoms with Crippen molar-refractivity contribution in [3.8, 4) is 17.2 Å². The van der Waals surface area contributed by atoms with Gasteiger partial charge in [0.05, 0.1) is 32.9 Å². The van der Waals surface area contributed by atoms with Gasteiger partial charge in [-0.2, -0.15) is 5.10 Å². The molecule has 0 aliphatic carbocycles. The van der Waals surface area contributed by atoms with Crippen LogP contribution in [0.1, 0.15) is 23.2 Å². The summed E-state index contributed by atoms with van der Waals surface area (Å²) in [7, 11) is 4.77. The molecule has 1 aliphatic rings. The van der Waals surface area contributed by atoms with Crippen LogP contribution in [0, 0.1) is 5.92 Å². The average Bonchev–Trinajstić information content (AvgIpc) is 2.82. The second kappa shape index (κ2) is 8.57. The standard InChI is InChI=1S/C23H25N3O4/c1-28-19-13-17-18(21(29-2)22(19)30-3)14-24-25-23(17)26-11-9-16(10-12-26)20(27)15-7-5-4-6-8-15/h4-8,13-14,16H,9-12H2,1-3H3. The molecule has 7 heteroatoms. The molecule has 2 heterocycles. The molecule has 1 fully saturated rings. The van der Waals surface area contributed by atoms with Crippen molar-refractivity contribution in [3.63, 3.8) is 0 Å². The molecule has 0 radical (unpaired) electrons. The van der Waals surface area contributed by atoms with Crippen LogP contribution in [0.25, 0.3) is 10.8 Å². The normalized spacial score (nSPS) is 14.6. The Kier molecular flexibility index (Phi) is 5.70. The predicted molar refractivity (Wildman–Crippen MR) is 115 cm³/mol. The van der Waals surface area contributed by atoms with Crippen LogP contribution >= 0.6 is 0 Å². The molecule has 4 rings (SSSR count). The number of benzene rings is 2. The van der Waals surface area contributed by atoms with Crippen molar-refractivity contribution in [3.05, 3.63) is 48.2 Å². The number of hydrogen-bond donors (Lipinski definition) is 0. The van der Waals surface area contributed by atoms with Crippen LogP contribution in [0.4, 0.5) is 5.82 Å². The van der Waals surface area contributed by atoms with Crippen LogP contribution in [-0.4, -0.2) is 50.4 Å². The Labute approximate surface area is 175 Å². The first kappa shape index (κ1) is 19.9. The van der Waals surface area contributed by atoms with Gasteiger partial charge in [0.2, 0.25) is 5.75 Å². The third-order valence-electron chi connectivity index (χ3n) is 5.67. The molecule has 7 nitrogen and oxygen atoms in total. The SMILES string of the molecule is COc1cc2c(N3CCC(C(=O)c4ccccc4)CC3)nncc2c(OC)c1OC. The lowest BCUT2D eigenvalue weighted by Gasteiger charge is -2.32. The summed E-state index contributed by atoms with van der Waals surface area (Å²) >= 11 is 0. The Morgan fingerprint density at radius 2 is 1.67 bits per heavy atom. The van der Waals surface area contributed by atoms with E-state index in [1.807, 2.05) is 36.4 Å². The topological polar surface area (TPSA) is 73.8 Å². The number of methoxy groups -OCH3 is 3. The molecule has 0 saturated carbocycles. The van der Waals surface area contributed by atoms with Gasteiger partial charge in [0.15, 0.2) is 23.1 Å². The van der Waals surface area contributed by atoms with Crippen molar-refractivity contribution in [2.75, 3.05) is 39.3 Å². The van der Waals surface area contributed by atoms with Gasteiger partial charge in [-0.05, 0) is 18.9 Å². The van der Waals surface area contributed by atoms with Gasteiger partial charge < -0.3 is 19.1 Å². The summed E-state index contributed by atoms with van der Waals surface area (Å²) in [6.45, 7) is 1.46. The molecule has 156 valence electrons. The van der Waals surface area contributed by atoms with E-state index in [4.69, 9.17) is 14.2 Å². The zero-order valence-electron chi connectivity index (χ0n) is 17.4. The fraction of sp³-hybridized carbons (Fsp3) is 0.348. The number of aromatic nitrogens is 2. The largest absolute Gasteiger partial charge is 0.493 e. The van der Waals surface area contributed by atoms with Crippen molar-refractivity contribution >= 4 is 22.4 Å². The Balaban J connectivity index is 1.62. The maximum Gasteiger partial charge on any atom is 0.204 e. The summed E-state index contributed by atoms with van der Waals surface area (Å²) in [4.78, 5) is 15.0. The van der Waals surface area contributed by atoms with Crippen molar-refractivity contribution in [1.82, 2.24) is 10.2 Å². The van der Waals surface area contributed by atoms with Gasteiger partial charge >= 0.3 is 0 Å². The molecule has 1 aromatic heterocycles. The van der Waals surface area contributed by atoms with E-state index in [-0.39, 0.29) is 11.7 Å². The molecule has 0 unspecified atom stereocenters. The lowest BCUT2D eigenvalue weighted by Crippen LogP contribution is -2.37. The molecule has 30 heavy (non-hydrogen) atoms. The molecule has 0 spiro atoms. The van der Waals surface area contributed by atoms with Gasteiger partial charge in [-0.15, -0.1) is 5.10 Å². The molecule has 0 amide bonds. The number of anilines is 1. The number of carbonyl (C=O) groups excluding carboxylic acids is 1. The third-order valence-corrected chi connectivity index (χ3v) is 5.67. The highest BCUT2D eigenvalue weighted by molar-refractivity contribution is 6.00. The van der Waals surface area contributed by atoms with Crippen LogP contribution in [0.15, 0.2) is 42.6 Å². The number of piperidine rings is 1. The zero-order valence-corrected chi connectivity index (χ0v) is 17.4. The highest BCUT2D eigenvalue weighted by Gasteiger charge is 2.28. The smallest absolute Gasteiger partial charge is 0.204 e. The van der Waals surface area contributed by atoms with E-state index in [1.165, 1.54) is 0 Å². The fourth-order valence-corrected chi connectivity index (χ4v) is 4.11. The van der Waals surface area contributed by atoms with E-state index in [9.17, 15) is 4.79 Å². The summed E-state index contributed by atoms with van der Waals surface area (Å²) in [5, 5.41) is 10.3. The fourth-order valence-electron chi connectivity index (χ4n) is 4.11. The van der Waals surface area contributed by atoms with Crippen molar-refractivity contribution in [2.24, 2.45) is 5.92 Å². The first-order valence-corrected chi connectivity index (χ1v) is 9.96. The number of hydrogen-bond acceptors (Lipinski definition) is 7. The number of ether oxygens (including phenoxy) is 3. The van der Waals surface area contributed by atoms with Crippen LogP contribution in [0.2, 0.25) is 0 Å². The lowest BCUT2D eigenvalue weighted by atomic mass is 9.89. The van der Waals surface area contributed by atoms with Crippen LogP contribution < -0.4 is 19.1 Å². The number of carbonyl (C=O) groups is 1. The van der Waals surface area contributed by atoms with E-state index < -0.39 is 0 Å². The molecule has 0 atom stereocenters. The van der Waals surface area contributed by atoms with Crippen LogP contribution in [0.3, 0.4) is 0 Å². The minimum atomic E-state index is 0.0238. The molecule has 0 bridgehead atoms. The monoisotopic (exact) mass is 407 g/mol. The van der Waals surface area contributed by atoms with Crippen molar-refractivity contribution in [2.45, 2.75) is 12.8 Å². The molecular formula is C23H25N3O4. The minimum absolute atomic E-state index is 0.0238. The number of ketones is 1. The second-order valence-electron chi connectivity index (χ2n) is 7.27. The Morgan fingerprint density at radius 1 is 0.967 bits per heavy atom. The summed E-state index contributed by atoms with van der Waals surface area (Å²) in [6.07, 6.45) is 3.22. The highest BCUT2D eigenvalue weighted by Crippen LogP contribution is 2.45. The second-order valence-corrected chi connectivity index (χ2v) is 7.27.